The zero-order valence-corrected chi connectivity index (χ0v) is 18.0. The molecule has 0 aliphatic carbocycles. The van der Waals surface area contributed by atoms with Crippen molar-refractivity contribution in [1.82, 2.24) is 5.32 Å². The largest absolute Gasteiger partial charge is 0.489 e. The van der Waals surface area contributed by atoms with Crippen LogP contribution >= 0.6 is 0 Å². The minimum atomic E-state index is -0.210. The van der Waals surface area contributed by atoms with E-state index in [1.54, 1.807) is 42.5 Å². The molecule has 0 radical (unpaired) electrons. The Kier molecular flexibility index (Phi) is 8.03. The molecule has 0 aliphatic rings. The predicted molar refractivity (Wildman–Crippen MR) is 128 cm³/mol. The Morgan fingerprint density at radius 3 is 2.50 bits per heavy atom. The van der Waals surface area contributed by atoms with Crippen LogP contribution in [-0.4, -0.2) is 25.0 Å². The van der Waals surface area contributed by atoms with E-state index in [1.165, 1.54) is 0 Å². The fourth-order valence-electron chi connectivity index (χ4n) is 3.08. The highest BCUT2D eigenvalue weighted by atomic mass is 16.5. The smallest absolute Gasteiger partial charge is 0.251 e. The van der Waals surface area contributed by atoms with Crippen LogP contribution < -0.4 is 20.7 Å². The minimum absolute atomic E-state index is 0.0588. The topological polar surface area (TPSA) is 79.5 Å². The van der Waals surface area contributed by atoms with Gasteiger partial charge in [-0.15, -0.1) is 0 Å². The Balaban J connectivity index is 1.53. The lowest BCUT2D eigenvalue weighted by molar-refractivity contribution is -0.114. The molecule has 3 aromatic carbocycles. The Morgan fingerprint density at radius 2 is 1.72 bits per heavy atom. The summed E-state index contributed by atoms with van der Waals surface area (Å²) in [7, 11) is 0. The van der Waals surface area contributed by atoms with E-state index in [1.807, 2.05) is 49.4 Å². The molecule has 0 spiro atoms. The van der Waals surface area contributed by atoms with Crippen LogP contribution in [0.5, 0.6) is 5.75 Å². The number of nitrogens with one attached hydrogen (secondary N) is 3. The first kappa shape index (κ1) is 22.6. The molecule has 164 valence electrons. The number of carbonyl (C=O) groups excluding carboxylic acids is 2. The zero-order chi connectivity index (χ0) is 22.8. The van der Waals surface area contributed by atoms with E-state index in [4.69, 9.17) is 4.74 Å². The number of amides is 2. The molecule has 3 N–H and O–H groups in total. The first-order chi connectivity index (χ1) is 15.5. The van der Waals surface area contributed by atoms with Crippen LogP contribution in [0.15, 0.2) is 91.5 Å². The first-order valence-electron chi connectivity index (χ1n) is 10.4. The molecule has 1 unspecified atom stereocenters. The van der Waals surface area contributed by atoms with Gasteiger partial charge >= 0.3 is 0 Å². The maximum Gasteiger partial charge on any atom is 0.251 e. The van der Waals surface area contributed by atoms with Gasteiger partial charge in [0.05, 0.1) is 12.6 Å². The molecule has 0 saturated heterocycles. The first-order valence-corrected chi connectivity index (χ1v) is 10.4. The summed E-state index contributed by atoms with van der Waals surface area (Å²) in [5.41, 5.74) is 2.88. The van der Waals surface area contributed by atoms with Gasteiger partial charge in [-0.3, -0.25) is 9.59 Å². The molecule has 0 heterocycles. The molecule has 6 nitrogen and oxygen atoms in total. The van der Waals surface area contributed by atoms with Gasteiger partial charge in [0.15, 0.2) is 0 Å². The van der Waals surface area contributed by atoms with Gasteiger partial charge in [0.25, 0.3) is 5.91 Å². The maximum atomic E-state index is 12.6. The standard InChI is InChI=1S/C26H27N3O3/c1-3-15-32-24-14-8-13-23(17-24)29-25(30)18-27-22-12-7-11-21(16-22)26(31)28-19(2)20-9-5-4-6-10-20/h3-14,16-17,19,27H,1,15,18H2,2H3,(H,28,31)(H,29,30). The average Bonchev–Trinajstić information content (AvgIpc) is 2.82. The number of anilines is 2. The fraction of sp³-hybridized carbons (Fsp3) is 0.154. The van der Waals surface area contributed by atoms with Gasteiger partial charge in [-0.1, -0.05) is 55.1 Å². The number of rotatable bonds is 10. The summed E-state index contributed by atoms with van der Waals surface area (Å²) in [6.45, 7) is 6.01. The van der Waals surface area contributed by atoms with Crippen LogP contribution in [0.4, 0.5) is 11.4 Å². The Bertz CT molecular complexity index is 1070. The average molecular weight is 430 g/mol. The Morgan fingerprint density at radius 1 is 0.969 bits per heavy atom. The van der Waals surface area contributed by atoms with Crippen molar-refractivity contribution in [1.29, 1.82) is 0 Å². The number of hydrogen-bond donors (Lipinski definition) is 3. The summed E-state index contributed by atoms with van der Waals surface area (Å²) in [6.07, 6.45) is 1.66. The molecule has 0 bridgehead atoms. The Hall–Kier alpha value is -4.06. The van der Waals surface area contributed by atoms with Crippen molar-refractivity contribution in [3.05, 3.63) is 103 Å². The molecular formula is C26H27N3O3. The molecule has 6 heteroatoms. The maximum absolute atomic E-state index is 12.6. The highest BCUT2D eigenvalue weighted by Crippen LogP contribution is 2.18. The Labute approximate surface area is 188 Å². The zero-order valence-electron chi connectivity index (χ0n) is 18.0. The molecule has 0 aliphatic heterocycles. The van der Waals surface area contributed by atoms with E-state index in [9.17, 15) is 9.59 Å². The SMILES string of the molecule is C=CCOc1cccc(NC(=O)CNc2cccc(C(=O)NC(C)c3ccccc3)c2)c1. The molecule has 1 atom stereocenters. The third-order valence-corrected chi connectivity index (χ3v) is 4.71. The van der Waals surface area contributed by atoms with Crippen LogP contribution in [0.3, 0.4) is 0 Å². The van der Waals surface area contributed by atoms with E-state index in [2.05, 4.69) is 22.5 Å². The van der Waals surface area contributed by atoms with Gasteiger partial charge in [-0.2, -0.15) is 0 Å². The van der Waals surface area contributed by atoms with Crippen molar-refractivity contribution in [3.8, 4) is 5.75 Å². The van der Waals surface area contributed by atoms with Crippen molar-refractivity contribution >= 4 is 23.2 Å². The van der Waals surface area contributed by atoms with E-state index >= 15 is 0 Å². The highest BCUT2D eigenvalue weighted by molar-refractivity contribution is 5.96. The molecule has 0 aromatic heterocycles. The number of benzene rings is 3. The monoisotopic (exact) mass is 429 g/mol. The summed E-state index contributed by atoms with van der Waals surface area (Å²) in [5.74, 6) is 0.267. The summed E-state index contributed by atoms with van der Waals surface area (Å²) in [6, 6.07) is 23.9. The number of ether oxygens (including phenoxy) is 1. The predicted octanol–water partition coefficient (Wildman–Crippen LogP) is 4.79. The third-order valence-electron chi connectivity index (χ3n) is 4.71. The van der Waals surface area contributed by atoms with Crippen molar-refractivity contribution < 1.29 is 14.3 Å². The van der Waals surface area contributed by atoms with E-state index < -0.39 is 0 Å². The van der Waals surface area contributed by atoms with Gasteiger partial charge in [0.1, 0.15) is 12.4 Å². The van der Waals surface area contributed by atoms with Gasteiger partial charge < -0.3 is 20.7 Å². The van der Waals surface area contributed by atoms with Crippen LogP contribution in [0.25, 0.3) is 0 Å². The molecule has 0 fully saturated rings. The van der Waals surface area contributed by atoms with Crippen molar-refractivity contribution in [3.63, 3.8) is 0 Å². The lowest BCUT2D eigenvalue weighted by Crippen LogP contribution is -2.26. The van der Waals surface area contributed by atoms with E-state index in [0.29, 0.717) is 29.3 Å². The van der Waals surface area contributed by atoms with Gasteiger partial charge in [-0.25, -0.2) is 0 Å². The number of hydrogen-bond acceptors (Lipinski definition) is 4. The van der Waals surface area contributed by atoms with E-state index in [0.717, 1.165) is 5.56 Å². The second kappa shape index (κ2) is 11.4. The van der Waals surface area contributed by atoms with Gasteiger partial charge in [-0.05, 0) is 42.8 Å². The van der Waals surface area contributed by atoms with E-state index in [-0.39, 0.29) is 24.4 Å². The lowest BCUT2D eigenvalue weighted by atomic mass is 10.1. The quantitative estimate of drug-likeness (QED) is 0.405. The van der Waals surface area contributed by atoms with Crippen LogP contribution in [-0.2, 0) is 4.79 Å². The van der Waals surface area contributed by atoms with Crippen LogP contribution in [0, 0.1) is 0 Å². The minimum Gasteiger partial charge on any atom is -0.489 e. The third kappa shape index (κ3) is 6.74. The molecule has 0 saturated carbocycles. The summed E-state index contributed by atoms with van der Waals surface area (Å²) >= 11 is 0. The molecular weight excluding hydrogens is 402 g/mol. The molecule has 3 rings (SSSR count). The summed E-state index contributed by atoms with van der Waals surface area (Å²) in [5, 5.41) is 8.87. The second-order valence-corrected chi connectivity index (χ2v) is 7.22. The van der Waals surface area contributed by atoms with Crippen molar-refractivity contribution in [2.75, 3.05) is 23.8 Å². The number of carbonyl (C=O) groups is 2. The summed E-state index contributed by atoms with van der Waals surface area (Å²) < 4.78 is 5.47. The van der Waals surface area contributed by atoms with Gasteiger partial charge in [0.2, 0.25) is 5.91 Å². The normalized spacial score (nSPS) is 11.2. The fourth-order valence-corrected chi connectivity index (χ4v) is 3.08. The molecule has 2 amide bonds. The van der Waals surface area contributed by atoms with Gasteiger partial charge in [0, 0.05) is 23.0 Å². The van der Waals surface area contributed by atoms with Crippen molar-refractivity contribution in [2.24, 2.45) is 0 Å². The van der Waals surface area contributed by atoms with Crippen LogP contribution in [0.1, 0.15) is 28.9 Å². The second-order valence-electron chi connectivity index (χ2n) is 7.22. The summed E-state index contributed by atoms with van der Waals surface area (Å²) in [4.78, 5) is 25.0. The van der Waals surface area contributed by atoms with Crippen LogP contribution in [0.2, 0.25) is 0 Å². The molecule has 3 aromatic rings. The lowest BCUT2D eigenvalue weighted by Gasteiger charge is -2.15. The highest BCUT2D eigenvalue weighted by Gasteiger charge is 2.12. The molecule has 32 heavy (non-hydrogen) atoms. The van der Waals surface area contributed by atoms with Crippen molar-refractivity contribution in [2.45, 2.75) is 13.0 Å².